The minimum absolute atomic E-state index is 0.0538. The Kier molecular flexibility index (Phi) is 8.82. The summed E-state index contributed by atoms with van der Waals surface area (Å²) in [7, 11) is -1.90. The number of nitrogens with one attached hydrogen (secondary N) is 1. The van der Waals surface area contributed by atoms with Gasteiger partial charge in [-0.2, -0.15) is 4.31 Å². The lowest BCUT2D eigenvalue weighted by molar-refractivity contribution is -0.116. The second kappa shape index (κ2) is 11.4. The number of ether oxygens (including phenoxy) is 1. The number of nitrogens with zero attached hydrogens (tertiary/aromatic N) is 1. The van der Waals surface area contributed by atoms with Crippen LogP contribution in [-0.2, 0) is 14.8 Å². The zero-order valence-electron chi connectivity index (χ0n) is 18.0. The van der Waals surface area contributed by atoms with E-state index in [-0.39, 0.29) is 23.3 Å². The van der Waals surface area contributed by atoms with Gasteiger partial charge in [0.1, 0.15) is 5.75 Å². The highest BCUT2D eigenvalue weighted by Crippen LogP contribution is 2.28. The fraction of sp³-hybridized carbons (Fsp3) is 0.435. The van der Waals surface area contributed by atoms with Gasteiger partial charge in [-0.1, -0.05) is 42.5 Å². The molecule has 0 unspecified atom stereocenters. The summed E-state index contributed by atoms with van der Waals surface area (Å²) in [5.74, 6) is 0.345. The molecule has 32 heavy (non-hydrogen) atoms. The highest BCUT2D eigenvalue weighted by Gasteiger charge is 2.28. The molecule has 1 amide bonds. The number of hydrogen-bond donors (Lipinski definition) is 1. The van der Waals surface area contributed by atoms with Crippen LogP contribution < -0.4 is 10.1 Å². The first-order valence-electron chi connectivity index (χ1n) is 10.7. The molecule has 0 atom stereocenters. The van der Waals surface area contributed by atoms with E-state index in [0.29, 0.717) is 34.5 Å². The van der Waals surface area contributed by atoms with Crippen LogP contribution in [0.1, 0.15) is 44.9 Å². The molecule has 0 heterocycles. The molecule has 0 bridgehead atoms. The maximum atomic E-state index is 12.9. The maximum absolute atomic E-state index is 12.9. The van der Waals surface area contributed by atoms with Crippen LogP contribution in [0.5, 0.6) is 5.75 Å². The number of halogens is 2. The van der Waals surface area contributed by atoms with Crippen molar-refractivity contribution >= 4 is 44.8 Å². The SMILES string of the molecule is CN(C1CCCCC1)S(=O)(=O)c1ccc(NC(=O)CCCOc2ccc(Cl)cc2Cl)cc1. The molecule has 9 heteroatoms. The minimum Gasteiger partial charge on any atom is -0.492 e. The molecule has 6 nitrogen and oxygen atoms in total. The van der Waals surface area contributed by atoms with Crippen molar-refractivity contribution in [3.05, 3.63) is 52.5 Å². The maximum Gasteiger partial charge on any atom is 0.243 e. The Labute approximate surface area is 199 Å². The number of sulfonamides is 1. The van der Waals surface area contributed by atoms with Crippen LogP contribution in [0.25, 0.3) is 0 Å². The van der Waals surface area contributed by atoms with Crippen molar-refractivity contribution in [3.63, 3.8) is 0 Å². The van der Waals surface area contributed by atoms with E-state index in [1.165, 1.54) is 22.9 Å². The van der Waals surface area contributed by atoms with Gasteiger partial charge in [-0.3, -0.25) is 4.79 Å². The van der Waals surface area contributed by atoms with Crippen LogP contribution in [0.3, 0.4) is 0 Å². The molecule has 0 radical (unpaired) electrons. The molecule has 3 rings (SSSR count). The lowest BCUT2D eigenvalue weighted by Crippen LogP contribution is -2.38. The lowest BCUT2D eigenvalue weighted by atomic mass is 9.96. The van der Waals surface area contributed by atoms with E-state index in [1.54, 1.807) is 37.4 Å². The van der Waals surface area contributed by atoms with Crippen LogP contribution >= 0.6 is 23.2 Å². The monoisotopic (exact) mass is 498 g/mol. The molecule has 0 spiro atoms. The smallest absolute Gasteiger partial charge is 0.243 e. The van der Waals surface area contributed by atoms with Crippen molar-refractivity contribution < 1.29 is 17.9 Å². The van der Waals surface area contributed by atoms with E-state index in [2.05, 4.69) is 5.32 Å². The average molecular weight is 499 g/mol. The third-order valence-electron chi connectivity index (χ3n) is 5.60. The fourth-order valence-electron chi connectivity index (χ4n) is 3.75. The van der Waals surface area contributed by atoms with Gasteiger partial charge in [-0.25, -0.2) is 8.42 Å². The van der Waals surface area contributed by atoms with Crippen molar-refractivity contribution in [3.8, 4) is 5.75 Å². The Balaban J connectivity index is 1.47. The Morgan fingerprint density at radius 1 is 1.09 bits per heavy atom. The van der Waals surface area contributed by atoms with Gasteiger partial charge in [-0.05, 0) is 61.7 Å². The number of hydrogen-bond acceptors (Lipinski definition) is 4. The summed E-state index contributed by atoms with van der Waals surface area (Å²) in [4.78, 5) is 12.4. The Morgan fingerprint density at radius 3 is 2.44 bits per heavy atom. The summed E-state index contributed by atoms with van der Waals surface area (Å²) in [6, 6.07) is 11.3. The van der Waals surface area contributed by atoms with Crippen molar-refractivity contribution in [2.24, 2.45) is 0 Å². The van der Waals surface area contributed by atoms with Crippen LogP contribution in [0, 0.1) is 0 Å². The lowest BCUT2D eigenvalue weighted by Gasteiger charge is -2.30. The van der Waals surface area contributed by atoms with E-state index in [4.69, 9.17) is 27.9 Å². The molecule has 1 aliphatic rings. The first kappa shape index (κ1) is 24.8. The summed E-state index contributed by atoms with van der Waals surface area (Å²) in [5.41, 5.74) is 0.552. The molecule has 1 saturated carbocycles. The molecule has 0 aliphatic heterocycles. The molecule has 0 saturated heterocycles. The number of rotatable bonds is 9. The van der Waals surface area contributed by atoms with Gasteiger partial charge in [0.15, 0.2) is 0 Å². The Bertz CT molecular complexity index is 1020. The van der Waals surface area contributed by atoms with E-state index in [1.807, 2.05) is 0 Å². The highest BCUT2D eigenvalue weighted by molar-refractivity contribution is 7.89. The molecular weight excluding hydrogens is 471 g/mol. The van der Waals surface area contributed by atoms with Gasteiger partial charge in [-0.15, -0.1) is 0 Å². The quantitative estimate of drug-likeness (QED) is 0.446. The first-order chi connectivity index (χ1) is 15.3. The Morgan fingerprint density at radius 2 is 1.78 bits per heavy atom. The average Bonchev–Trinajstić information content (AvgIpc) is 2.78. The minimum atomic E-state index is -3.55. The Hall–Kier alpha value is -1.80. The predicted molar refractivity (Wildman–Crippen MR) is 128 cm³/mol. The van der Waals surface area contributed by atoms with Crippen molar-refractivity contribution in [2.75, 3.05) is 19.0 Å². The predicted octanol–water partition coefficient (Wildman–Crippen LogP) is 5.74. The summed E-state index contributed by atoms with van der Waals surface area (Å²) < 4.78 is 32.9. The third-order valence-corrected chi connectivity index (χ3v) is 8.06. The summed E-state index contributed by atoms with van der Waals surface area (Å²) >= 11 is 11.9. The summed E-state index contributed by atoms with van der Waals surface area (Å²) in [6.07, 6.45) is 5.86. The number of benzene rings is 2. The fourth-order valence-corrected chi connectivity index (χ4v) is 5.63. The van der Waals surface area contributed by atoms with Gasteiger partial charge < -0.3 is 10.1 Å². The highest BCUT2D eigenvalue weighted by atomic mass is 35.5. The second-order valence-electron chi connectivity index (χ2n) is 7.91. The molecule has 1 N–H and O–H groups in total. The molecule has 174 valence electrons. The zero-order valence-corrected chi connectivity index (χ0v) is 20.3. The number of anilines is 1. The van der Waals surface area contributed by atoms with Gasteiger partial charge in [0.05, 0.1) is 16.5 Å². The molecule has 1 aliphatic carbocycles. The van der Waals surface area contributed by atoms with Gasteiger partial charge in [0, 0.05) is 30.2 Å². The molecular formula is C23H28Cl2N2O4S. The zero-order chi connectivity index (χ0) is 23.1. The van der Waals surface area contributed by atoms with E-state index in [0.717, 1.165) is 25.7 Å². The van der Waals surface area contributed by atoms with E-state index < -0.39 is 10.0 Å². The molecule has 1 fully saturated rings. The summed E-state index contributed by atoms with van der Waals surface area (Å²) in [5, 5.41) is 3.74. The number of carbonyl (C=O) groups excluding carboxylic acids is 1. The van der Waals surface area contributed by atoms with Crippen molar-refractivity contribution in [1.29, 1.82) is 0 Å². The normalized spacial score (nSPS) is 15.0. The first-order valence-corrected chi connectivity index (χ1v) is 12.9. The third kappa shape index (κ3) is 6.61. The van der Waals surface area contributed by atoms with E-state index >= 15 is 0 Å². The van der Waals surface area contributed by atoms with Gasteiger partial charge in [0.2, 0.25) is 15.9 Å². The standard InChI is InChI=1S/C23H28Cl2N2O4S/c1-27(19-6-3-2-4-7-19)32(29,30)20-12-10-18(11-13-20)26-23(28)8-5-15-31-22-14-9-17(24)16-21(22)25/h9-14,16,19H,2-8,15H2,1H3,(H,26,28). The number of amides is 1. The number of carbonyl (C=O) groups is 1. The van der Waals surface area contributed by atoms with Crippen LogP contribution in [0.2, 0.25) is 10.0 Å². The van der Waals surface area contributed by atoms with Crippen molar-refractivity contribution in [1.82, 2.24) is 4.31 Å². The molecule has 0 aromatic heterocycles. The van der Waals surface area contributed by atoms with E-state index in [9.17, 15) is 13.2 Å². The summed E-state index contributed by atoms with van der Waals surface area (Å²) in [6.45, 7) is 0.333. The van der Waals surface area contributed by atoms with Gasteiger partial charge in [0.25, 0.3) is 0 Å². The van der Waals surface area contributed by atoms with Crippen LogP contribution in [-0.4, -0.2) is 38.3 Å². The molecule has 2 aromatic rings. The molecule has 2 aromatic carbocycles. The topological polar surface area (TPSA) is 75.7 Å². The largest absolute Gasteiger partial charge is 0.492 e. The van der Waals surface area contributed by atoms with Crippen molar-refractivity contribution in [2.45, 2.75) is 55.9 Å². The van der Waals surface area contributed by atoms with Crippen LogP contribution in [0.4, 0.5) is 5.69 Å². The second-order valence-corrected chi connectivity index (χ2v) is 10.8. The van der Waals surface area contributed by atoms with Gasteiger partial charge >= 0.3 is 0 Å². The van der Waals surface area contributed by atoms with Crippen LogP contribution in [0.15, 0.2) is 47.4 Å².